The fraction of sp³-hybridized carbons (Fsp3) is 0.950. The molecule has 0 nitrogen and oxygen atoms in total. The Hall–Kier alpha value is 0.350. The average Bonchev–Trinajstić information content (AvgIpc) is 2.50. The molecule has 0 aromatic rings. The maximum atomic E-state index is 3.89. The SMILES string of the molecule is [CH2]CCCCCCCCCSCCCCCCCCCC. The monoisotopic (exact) mass is 313 g/mol. The first-order chi connectivity index (χ1) is 10.4. The summed E-state index contributed by atoms with van der Waals surface area (Å²) < 4.78 is 0. The molecule has 0 aliphatic carbocycles. The first kappa shape index (κ1) is 21.4. The van der Waals surface area contributed by atoms with Gasteiger partial charge in [0.25, 0.3) is 0 Å². The zero-order valence-electron chi connectivity index (χ0n) is 14.8. The summed E-state index contributed by atoms with van der Waals surface area (Å²) in [7, 11) is 0. The Labute approximate surface area is 140 Å². The van der Waals surface area contributed by atoms with Crippen molar-refractivity contribution < 1.29 is 0 Å². The molecule has 0 aliphatic rings. The molecule has 0 saturated heterocycles. The second-order valence-corrected chi connectivity index (χ2v) is 7.64. The van der Waals surface area contributed by atoms with Crippen molar-refractivity contribution in [1.29, 1.82) is 0 Å². The van der Waals surface area contributed by atoms with Crippen molar-refractivity contribution in [2.45, 2.75) is 110 Å². The normalized spacial score (nSPS) is 11.1. The van der Waals surface area contributed by atoms with Crippen LogP contribution in [0.1, 0.15) is 110 Å². The summed E-state index contributed by atoms with van der Waals surface area (Å²) in [5, 5.41) is 0. The Bertz CT molecular complexity index is 149. The molecule has 0 aliphatic heterocycles. The zero-order valence-corrected chi connectivity index (χ0v) is 15.7. The summed E-state index contributed by atoms with van der Waals surface area (Å²) in [4.78, 5) is 0. The van der Waals surface area contributed by atoms with E-state index in [1.54, 1.807) is 0 Å². The second kappa shape index (κ2) is 20.3. The minimum Gasteiger partial charge on any atom is -0.162 e. The smallest absolute Gasteiger partial charge is 0.00675 e. The lowest BCUT2D eigenvalue weighted by Gasteiger charge is -2.03. The average molecular weight is 314 g/mol. The lowest BCUT2D eigenvalue weighted by atomic mass is 10.1. The molecular formula is C20H41S. The molecule has 0 saturated carbocycles. The van der Waals surface area contributed by atoms with Gasteiger partial charge in [0.15, 0.2) is 0 Å². The molecule has 0 bridgehead atoms. The van der Waals surface area contributed by atoms with Gasteiger partial charge >= 0.3 is 0 Å². The number of rotatable bonds is 18. The number of thioether (sulfide) groups is 1. The fourth-order valence-corrected chi connectivity index (χ4v) is 3.73. The lowest BCUT2D eigenvalue weighted by molar-refractivity contribution is 0.586. The van der Waals surface area contributed by atoms with Gasteiger partial charge in [0.2, 0.25) is 0 Å². The maximum absolute atomic E-state index is 3.89. The van der Waals surface area contributed by atoms with Crippen LogP contribution in [0, 0.1) is 6.92 Å². The van der Waals surface area contributed by atoms with Crippen LogP contribution in [0.3, 0.4) is 0 Å². The van der Waals surface area contributed by atoms with Gasteiger partial charge in [-0.15, -0.1) is 0 Å². The van der Waals surface area contributed by atoms with E-state index >= 15 is 0 Å². The summed E-state index contributed by atoms with van der Waals surface area (Å²) in [6.45, 7) is 6.19. The molecular weight excluding hydrogens is 272 g/mol. The number of hydrogen-bond donors (Lipinski definition) is 0. The minimum absolute atomic E-state index is 1.12. The fourth-order valence-electron chi connectivity index (χ4n) is 2.70. The van der Waals surface area contributed by atoms with E-state index < -0.39 is 0 Å². The highest BCUT2D eigenvalue weighted by molar-refractivity contribution is 7.99. The van der Waals surface area contributed by atoms with Gasteiger partial charge in [0.05, 0.1) is 0 Å². The minimum atomic E-state index is 1.12. The highest BCUT2D eigenvalue weighted by atomic mass is 32.2. The molecule has 0 amide bonds. The number of hydrogen-bond acceptors (Lipinski definition) is 1. The van der Waals surface area contributed by atoms with E-state index in [1.165, 1.54) is 108 Å². The van der Waals surface area contributed by atoms with Crippen molar-refractivity contribution >= 4 is 11.8 Å². The highest BCUT2D eigenvalue weighted by Crippen LogP contribution is 2.14. The van der Waals surface area contributed by atoms with Crippen LogP contribution in [-0.4, -0.2) is 11.5 Å². The topological polar surface area (TPSA) is 0 Å². The summed E-state index contributed by atoms with van der Waals surface area (Å²) >= 11 is 2.19. The van der Waals surface area contributed by atoms with Crippen LogP contribution < -0.4 is 0 Å². The first-order valence-electron chi connectivity index (χ1n) is 9.78. The van der Waals surface area contributed by atoms with Crippen LogP contribution >= 0.6 is 11.8 Å². The Morgan fingerprint density at radius 2 is 0.905 bits per heavy atom. The van der Waals surface area contributed by atoms with E-state index in [-0.39, 0.29) is 0 Å². The molecule has 0 atom stereocenters. The Morgan fingerprint density at radius 3 is 1.33 bits per heavy atom. The van der Waals surface area contributed by atoms with Crippen molar-refractivity contribution in [1.82, 2.24) is 0 Å². The quantitative estimate of drug-likeness (QED) is 0.232. The van der Waals surface area contributed by atoms with E-state index in [2.05, 4.69) is 25.6 Å². The zero-order chi connectivity index (χ0) is 15.4. The molecule has 0 N–H and O–H groups in total. The molecule has 1 radical (unpaired) electrons. The van der Waals surface area contributed by atoms with Crippen molar-refractivity contribution in [3.05, 3.63) is 6.92 Å². The lowest BCUT2D eigenvalue weighted by Crippen LogP contribution is -1.87. The molecule has 0 spiro atoms. The third-order valence-corrected chi connectivity index (χ3v) is 5.34. The predicted molar refractivity (Wildman–Crippen MR) is 102 cm³/mol. The van der Waals surface area contributed by atoms with Crippen LogP contribution in [0.4, 0.5) is 0 Å². The van der Waals surface area contributed by atoms with Gasteiger partial charge < -0.3 is 0 Å². The van der Waals surface area contributed by atoms with Crippen molar-refractivity contribution in [2.24, 2.45) is 0 Å². The molecule has 0 heterocycles. The highest BCUT2D eigenvalue weighted by Gasteiger charge is 1.94. The van der Waals surface area contributed by atoms with E-state index in [0.29, 0.717) is 0 Å². The van der Waals surface area contributed by atoms with Gasteiger partial charge in [0.1, 0.15) is 0 Å². The van der Waals surface area contributed by atoms with Gasteiger partial charge in [-0.25, -0.2) is 0 Å². The summed E-state index contributed by atoms with van der Waals surface area (Å²) in [5.41, 5.74) is 0. The number of unbranched alkanes of at least 4 members (excludes halogenated alkanes) is 14. The van der Waals surface area contributed by atoms with Crippen LogP contribution in [-0.2, 0) is 0 Å². The molecule has 0 aromatic carbocycles. The summed E-state index contributed by atoms with van der Waals surface area (Å²) in [6.07, 6.45) is 22.7. The molecule has 21 heavy (non-hydrogen) atoms. The Kier molecular flexibility index (Phi) is 20.7. The Balaban J connectivity index is 2.90. The van der Waals surface area contributed by atoms with E-state index in [4.69, 9.17) is 0 Å². The van der Waals surface area contributed by atoms with Gasteiger partial charge in [-0.3, -0.25) is 0 Å². The predicted octanol–water partition coefficient (Wildman–Crippen LogP) is 7.82. The van der Waals surface area contributed by atoms with Gasteiger partial charge in [-0.05, 0) is 24.3 Å². The molecule has 0 unspecified atom stereocenters. The molecule has 0 fully saturated rings. The molecule has 1 heteroatoms. The van der Waals surface area contributed by atoms with E-state index in [0.717, 1.165) is 6.42 Å². The van der Waals surface area contributed by atoms with Crippen molar-refractivity contribution in [2.75, 3.05) is 11.5 Å². The second-order valence-electron chi connectivity index (χ2n) is 6.42. The van der Waals surface area contributed by atoms with Crippen LogP contribution in [0.15, 0.2) is 0 Å². The largest absolute Gasteiger partial charge is 0.162 e. The van der Waals surface area contributed by atoms with Crippen LogP contribution in [0.5, 0.6) is 0 Å². The Morgan fingerprint density at radius 1 is 0.524 bits per heavy atom. The van der Waals surface area contributed by atoms with Crippen molar-refractivity contribution in [3.63, 3.8) is 0 Å². The van der Waals surface area contributed by atoms with Crippen LogP contribution in [0.25, 0.3) is 0 Å². The van der Waals surface area contributed by atoms with Crippen molar-refractivity contribution in [3.8, 4) is 0 Å². The molecule has 0 rings (SSSR count). The first-order valence-corrected chi connectivity index (χ1v) is 10.9. The van der Waals surface area contributed by atoms with Crippen LogP contribution in [0.2, 0.25) is 0 Å². The standard InChI is InChI=1S/C20H41S/c1-3-5-7-9-11-13-15-17-19-21-20-18-16-14-12-10-8-6-4-2/h1,3-20H2,2H3. The maximum Gasteiger partial charge on any atom is -0.00675 e. The molecule has 127 valence electrons. The third-order valence-electron chi connectivity index (χ3n) is 4.18. The van der Waals surface area contributed by atoms with Gasteiger partial charge in [-0.1, -0.05) is 104 Å². The summed E-state index contributed by atoms with van der Waals surface area (Å²) in [5.74, 6) is 2.80. The van der Waals surface area contributed by atoms with E-state index in [9.17, 15) is 0 Å². The van der Waals surface area contributed by atoms with E-state index in [1.807, 2.05) is 0 Å². The van der Waals surface area contributed by atoms with Gasteiger partial charge in [-0.2, -0.15) is 11.8 Å². The molecule has 0 aromatic heterocycles. The third kappa shape index (κ3) is 20.4. The summed E-state index contributed by atoms with van der Waals surface area (Å²) in [6, 6.07) is 0. The van der Waals surface area contributed by atoms with Gasteiger partial charge in [0, 0.05) is 0 Å².